The van der Waals surface area contributed by atoms with Crippen molar-refractivity contribution in [3.05, 3.63) is 0 Å². The van der Waals surface area contributed by atoms with Gasteiger partial charge in [-0.05, 0) is 0 Å². The van der Waals surface area contributed by atoms with E-state index in [1.807, 2.05) is 0 Å². The second-order valence-corrected chi connectivity index (χ2v) is 10.8. The van der Waals surface area contributed by atoms with Crippen molar-refractivity contribution in [1.29, 1.82) is 0 Å². The van der Waals surface area contributed by atoms with E-state index in [-0.39, 0.29) is 0 Å². The predicted molar refractivity (Wildman–Crippen MR) is 97.3 cm³/mol. The van der Waals surface area contributed by atoms with Crippen LogP contribution in [0.25, 0.3) is 0 Å². The van der Waals surface area contributed by atoms with Crippen LogP contribution >= 0.6 is 0 Å². The molecule has 1 nitrogen and oxygen atoms in total. The number of hydrogen-bond donors (Lipinski definition) is 1. The summed E-state index contributed by atoms with van der Waals surface area (Å²) in [5.41, 5.74) is 0. The minimum Gasteiger partial charge on any atom is -0.350 e. The molecule has 1 N–H and O–H groups in total. The number of halogens is 39. The molecule has 0 aromatic heterocycles. The van der Waals surface area contributed by atoms with Crippen molar-refractivity contribution in [2.75, 3.05) is 0 Å². The zero-order chi connectivity index (χ0) is 49.5. The summed E-state index contributed by atoms with van der Waals surface area (Å²) < 4.78 is 521. The first kappa shape index (κ1) is 56.2. The zero-order valence-electron chi connectivity index (χ0n) is 24.7. The second-order valence-electron chi connectivity index (χ2n) is 10.8. The first-order valence-electron chi connectivity index (χ1n) is 12.1. The van der Waals surface area contributed by atoms with Crippen LogP contribution < -0.4 is 0 Å². The van der Waals surface area contributed by atoms with Crippen LogP contribution in [0.2, 0.25) is 0 Å². The van der Waals surface area contributed by atoms with Crippen LogP contribution in [0, 0.1) is 0 Å². The van der Waals surface area contributed by atoms with E-state index in [4.69, 9.17) is 5.11 Å². The Morgan fingerprint density at radius 3 is 0.339 bits per heavy atom. The van der Waals surface area contributed by atoms with Gasteiger partial charge >= 0.3 is 113 Å². The molecule has 0 aliphatic rings. The Hall–Kier alpha value is -2.77. The van der Waals surface area contributed by atoms with Crippen LogP contribution in [-0.4, -0.2) is 118 Å². The van der Waals surface area contributed by atoms with Gasteiger partial charge in [0.05, 0.1) is 0 Å². The van der Waals surface area contributed by atoms with Gasteiger partial charge in [0.1, 0.15) is 0 Å². The molecule has 0 saturated carbocycles. The maximum Gasteiger partial charge on any atom is 0.460 e. The van der Waals surface area contributed by atoms with E-state index < -0.39 is 113 Å². The molecule has 0 spiro atoms. The molecule has 0 bridgehead atoms. The van der Waals surface area contributed by atoms with Crippen LogP contribution in [0.5, 0.6) is 0 Å². The Balaban J connectivity index is 7.92. The molecule has 1 atom stereocenters. The van der Waals surface area contributed by atoms with Gasteiger partial charge in [-0.3, -0.25) is 0 Å². The lowest BCUT2D eigenvalue weighted by Crippen LogP contribution is -2.80. The molecule has 0 rings (SSSR count). The molecule has 40 heteroatoms. The lowest BCUT2D eigenvalue weighted by Gasteiger charge is -2.47. The number of aliphatic hydroxyl groups is 1. The van der Waals surface area contributed by atoms with Gasteiger partial charge in [-0.1, -0.05) is 0 Å². The van der Waals surface area contributed by atoms with E-state index in [2.05, 4.69) is 0 Å². The largest absolute Gasteiger partial charge is 0.460 e. The van der Waals surface area contributed by atoms with Crippen LogP contribution in [-0.2, 0) is 0 Å². The average Bonchev–Trinajstić information content (AvgIpc) is 2.98. The summed E-state index contributed by atoms with van der Waals surface area (Å²) in [5.74, 6) is -170. The van der Waals surface area contributed by atoms with Gasteiger partial charge in [0.2, 0.25) is 0 Å². The molecular weight excluding hydrogens is 985 g/mol. The van der Waals surface area contributed by atoms with Gasteiger partial charge in [0.25, 0.3) is 0 Å². The van der Waals surface area contributed by atoms with Crippen molar-refractivity contribution in [2.45, 2.75) is 113 Å². The maximum atomic E-state index is 13.9. The molecular formula is C19HF39O. The Bertz CT molecular complexity index is 1420. The fourth-order valence-corrected chi connectivity index (χ4v) is 3.32. The minimum absolute atomic E-state index is 7.81. The summed E-state index contributed by atoms with van der Waals surface area (Å²) in [6, 6.07) is 0. The topological polar surface area (TPSA) is 20.2 Å². The normalized spacial score (nSPS) is 18.3. The summed E-state index contributed by atoms with van der Waals surface area (Å²) >= 11 is 0. The first-order chi connectivity index (χ1) is 24.5. The minimum atomic E-state index is -10.5. The average molecular weight is 986 g/mol. The van der Waals surface area contributed by atoms with Crippen molar-refractivity contribution < 1.29 is 176 Å². The number of hydrogen-bond acceptors (Lipinski definition) is 1. The van der Waals surface area contributed by atoms with Crippen molar-refractivity contribution in [1.82, 2.24) is 0 Å². The van der Waals surface area contributed by atoms with Crippen LogP contribution in [0.15, 0.2) is 0 Å². The number of rotatable bonds is 16. The highest BCUT2D eigenvalue weighted by molar-refractivity contribution is 5.23. The third kappa shape index (κ3) is 6.17. The highest BCUT2D eigenvalue weighted by Crippen LogP contribution is 2.71. The van der Waals surface area contributed by atoms with E-state index in [9.17, 15) is 171 Å². The number of alkyl halides is 39. The third-order valence-electron chi connectivity index (χ3n) is 7.06. The first-order valence-corrected chi connectivity index (χ1v) is 12.1. The standard InChI is InChI=1S/C19HF39O/c20-1(21,2(22,23)4(26,27)6(30,31)8(34,35)10(38,39)12(42,43)14(46,47)16(50,51)18(53,54)55)3(24,25)5(28,29)7(32,33)9(36,37)11(40,41)13(44,45)15(48,49)17(52,59)19(56,57)58/h59H. The molecule has 0 fully saturated rings. The Morgan fingerprint density at radius 1 is 0.136 bits per heavy atom. The quantitative estimate of drug-likeness (QED) is 0.153. The molecule has 1 unspecified atom stereocenters. The van der Waals surface area contributed by atoms with Gasteiger partial charge in [-0.25, -0.2) is 0 Å². The van der Waals surface area contributed by atoms with E-state index in [0.29, 0.717) is 0 Å². The molecule has 356 valence electrons. The predicted octanol–water partition coefficient (Wildman–Crippen LogP) is 11.9. The highest BCUT2D eigenvalue weighted by Gasteiger charge is 3.03. The SMILES string of the molecule is OC(F)(C(F)(F)F)C(F)(F)C(F)(F)C(F)(F)C(F)(F)C(F)(F)C(F)(F)C(F)(F)C(F)(F)C(F)(F)C(F)(F)C(F)(F)C(F)(F)C(F)(F)C(F)(F)C(F)(F)C(F)(F)C(F)(F)F. The van der Waals surface area contributed by atoms with Gasteiger partial charge in [-0.15, -0.1) is 0 Å². The third-order valence-corrected chi connectivity index (χ3v) is 7.06. The smallest absolute Gasteiger partial charge is 0.350 e. The summed E-state index contributed by atoms with van der Waals surface area (Å²) in [6.07, 6.45) is -16.8. The maximum absolute atomic E-state index is 13.9. The van der Waals surface area contributed by atoms with Gasteiger partial charge in [0, 0.05) is 0 Å². The Labute approximate surface area is 291 Å². The Morgan fingerprint density at radius 2 is 0.237 bits per heavy atom. The molecule has 0 aromatic rings. The Kier molecular flexibility index (Phi) is 12.5. The summed E-state index contributed by atoms with van der Waals surface area (Å²) in [5, 5.41) is 7.81. The lowest BCUT2D eigenvalue weighted by atomic mass is 9.82. The summed E-state index contributed by atoms with van der Waals surface area (Å²) in [6.45, 7) is 0. The van der Waals surface area contributed by atoms with E-state index in [1.165, 1.54) is 0 Å². The lowest BCUT2D eigenvalue weighted by molar-refractivity contribution is -0.497. The van der Waals surface area contributed by atoms with Crippen molar-refractivity contribution >= 4 is 0 Å². The van der Waals surface area contributed by atoms with Crippen LogP contribution in [0.1, 0.15) is 0 Å². The molecule has 0 aromatic carbocycles. The molecule has 0 amide bonds. The highest BCUT2D eigenvalue weighted by atomic mass is 19.4. The van der Waals surface area contributed by atoms with E-state index in [1.54, 1.807) is 0 Å². The van der Waals surface area contributed by atoms with Gasteiger partial charge in [-0.2, -0.15) is 171 Å². The van der Waals surface area contributed by atoms with Gasteiger partial charge in [0.15, 0.2) is 0 Å². The zero-order valence-corrected chi connectivity index (χ0v) is 24.7. The molecule has 0 radical (unpaired) electrons. The second kappa shape index (κ2) is 13.1. The molecule has 0 heterocycles. The van der Waals surface area contributed by atoms with Crippen molar-refractivity contribution in [3.8, 4) is 0 Å². The van der Waals surface area contributed by atoms with E-state index >= 15 is 0 Å². The fraction of sp³-hybridized carbons (Fsp3) is 1.00. The van der Waals surface area contributed by atoms with Crippen molar-refractivity contribution in [3.63, 3.8) is 0 Å². The molecule has 0 aliphatic heterocycles. The summed E-state index contributed by atoms with van der Waals surface area (Å²) in [7, 11) is 0. The van der Waals surface area contributed by atoms with Crippen molar-refractivity contribution in [2.24, 2.45) is 0 Å². The molecule has 0 saturated heterocycles. The van der Waals surface area contributed by atoms with Crippen LogP contribution in [0.3, 0.4) is 0 Å². The molecule has 59 heavy (non-hydrogen) atoms. The summed E-state index contributed by atoms with van der Waals surface area (Å²) in [4.78, 5) is 0. The monoisotopic (exact) mass is 986 g/mol. The van der Waals surface area contributed by atoms with E-state index in [0.717, 1.165) is 0 Å². The fourth-order valence-electron chi connectivity index (χ4n) is 3.32. The van der Waals surface area contributed by atoms with Gasteiger partial charge < -0.3 is 5.11 Å². The van der Waals surface area contributed by atoms with Crippen LogP contribution in [0.4, 0.5) is 171 Å². The molecule has 0 aliphatic carbocycles.